The Hall–Kier alpha value is -1.14. The maximum absolute atomic E-state index is 13.4. The number of rotatable bonds is 5. The van der Waals surface area contributed by atoms with E-state index < -0.39 is 24.6 Å². The van der Waals surface area contributed by atoms with Crippen molar-refractivity contribution < 1.29 is 22.4 Å². The Morgan fingerprint density at radius 2 is 1.94 bits per heavy atom. The van der Waals surface area contributed by atoms with E-state index in [0.717, 1.165) is 0 Å². The van der Waals surface area contributed by atoms with Gasteiger partial charge in [-0.05, 0) is 12.5 Å². The van der Waals surface area contributed by atoms with Crippen molar-refractivity contribution in [2.75, 3.05) is 6.61 Å². The molecule has 0 saturated carbocycles. The molecule has 0 amide bonds. The second kappa shape index (κ2) is 5.97. The zero-order valence-electron chi connectivity index (χ0n) is 9.22. The molecule has 0 bridgehead atoms. The van der Waals surface area contributed by atoms with E-state index in [1.165, 1.54) is 18.2 Å². The van der Waals surface area contributed by atoms with Crippen molar-refractivity contribution in [3.05, 3.63) is 35.6 Å². The highest BCUT2D eigenvalue weighted by atomic mass is 19.4. The van der Waals surface area contributed by atoms with E-state index in [9.17, 15) is 17.6 Å². The molecule has 0 aliphatic rings. The van der Waals surface area contributed by atoms with Crippen molar-refractivity contribution >= 4 is 0 Å². The van der Waals surface area contributed by atoms with E-state index in [0.29, 0.717) is 6.42 Å². The molecule has 0 fully saturated rings. The third-order valence-corrected chi connectivity index (χ3v) is 2.15. The molecular weight excluding hydrogens is 238 g/mol. The summed E-state index contributed by atoms with van der Waals surface area (Å²) in [5, 5.41) is 0. The van der Waals surface area contributed by atoms with Gasteiger partial charge < -0.3 is 0 Å². The Morgan fingerprint density at radius 1 is 1.29 bits per heavy atom. The van der Waals surface area contributed by atoms with E-state index in [2.05, 4.69) is 10.3 Å². The summed E-state index contributed by atoms with van der Waals surface area (Å²) in [6.45, 7) is 0.318. The van der Waals surface area contributed by atoms with Crippen LogP contribution < -0.4 is 5.48 Å². The largest absolute Gasteiger partial charge is 0.413 e. The molecule has 0 heterocycles. The standard InChI is InChI=1S/C11H13F4NO/c1-2-10(16-17-7-11(13,14)15)8-5-3-4-6-9(8)12/h3-6,10,16H,2,7H2,1H3. The van der Waals surface area contributed by atoms with Gasteiger partial charge in [0.05, 0.1) is 6.04 Å². The van der Waals surface area contributed by atoms with Gasteiger partial charge in [-0.1, -0.05) is 25.1 Å². The van der Waals surface area contributed by atoms with Gasteiger partial charge in [0.15, 0.2) is 6.61 Å². The van der Waals surface area contributed by atoms with Crippen molar-refractivity contribution in [1.82, 2.24) is 5.48 Å². The molecule has 1 rings (SSSR count). The van der Waals surface area contributed by atoms with Crippen molar-refractivity contribution in [2.45, 2.75) is 25.6 Å². The van der Waals surface area contributed by atoms with E-state index in [1.54, 1.807) is 13.0 Å². The number of hydrogen-bond donors (Lipinski definition) is 1. The lowest BCUT2D eigenvalue weighted by atomic mass is 10.1. The van der Waals surface area contributed by atoms with Crippen LogP contribution in [0.25, 0.3) is 0 Å². The Balaban J connectivity index is 2.58. The smallest absolute Gasteiger partial charge is 0.292 e. The van der Waals surface area contributed by atoms with Gasteiger partial charge in [-0.2, -0.15) is 18.7 Å². The Labute approximate surface area is 96.5 Å². The number of hydrogen-bond acceptors (Lipinski definition) is 2. The molecular formula is C11H13F4NO. The topological polar surface area (TPSA) is 21.3 Å². The highest BCUT2D eigenvalue weighted by Gasteiger charge is 2.28. The summed E-state index contributed by atoms with van der Waals surface area (Å²) in [6.07, 6.45) is -3.99. The molecule has 17 heavy (non-hydrogen) atoms. The fraction of sp³-hybridized carbons (Fsp3) is 0.455. The molecule has 0 aliphatic carbocycles. The number of nitrogens with one attached hydrogen (secondary N) is 1. The first-order valence-corrected chi connectivity index (χ1v) is 5.12. The molecule has 0 aromatic heterocycles. The van der Waals surface area contributed by atoms with Crippen LogP contribution in [0.15, 0.2) is 24.3 Å². The molecule has 0 radical (unpaired) electrons. The zero-order valence-corrected chi connectivity index (χ0v) is 9.22. The maximum Gasteiger partial charge on any atom is 0.413 e. The molecule has 1 atom stereocenters. The highest BCUT2D eigenvalue weighted by molar-refractivity contribution is 5.20. The second-order valence-electron chi connectivity index (χ2n) is 3.50. The number of benzene rings is 1. The molecule has 1 N–H and O–H groups in total. The monoisotopic (exact) mass is 251 g/mol. The molecule has 0 aliphatic heterocycles. The van der Waals surface area contributed by atoms with Gasteiger partial charge in [0.1, 0.15) is 5.82 Å². The lowest BCUT2D eigenvalue weighted by Crippen LogP contribution is -2.28. The first-order chi connectivity index (χ1) is 7.94. The average Bonchev–Trinajstić information content (AvgIpc) is 2.24. The van der Waals surface area contributed by atoms with Crippen molar-refractivity contribution in [2.24, 2.45) is 0 Å². The number of hydroxylamine groups is 1. The molecule has 6 heteroatoms. The number of alkyl halides is 3. The Morgan fingerprint density at radius 3 is 2.47 bits per heavy atom. The lowest BCUT2D eigenvalue weighted by Gasteiger charge is -2.18. The zero-order chi connectivity index (χ0) is 12.9. The minimum Gasteiger partial charge on any atom is -0.292 e. The minimum absolute atomic E-state index is 0.289. The lowest BCUT2D eigenvalue weighted by molar-refractivity contribution is -0.193. The fourth-order valence-corrected chi connectivity index (χ4v) is 1.35. The summed E-state index contributed by atoms with van der Waals surface area (Å²) in [4.78, 5) is 4.32. The van der Waals surface area contributed by atoms with Crippen LogP contribution in [0, 0.1) is 5.82 Å². The molecule has 1 aromatic carbocycles. The van der Waals surface area contributed by atoms with Gasteiger partial charge in [0.25, 0.3) is 0 Å². The summed E-state index contributed by atoms with van der Waals surface area (Å²) in [7, 11) is 0. The Kier molecular flexibility index (Phi) is 4.89. The van der Waals surface area contributed by atoms with Crippen LogP contribution in [-0.2, 0) is 4.84 Å². The van der Waals surface area contributed by atoms with Crippen LogP contribution in [0.4, 0.5) is 17.6 Å². The van der Waals surface area contributed by atoms with Crippen LogP contribution in [0.2, 0.25) is 0 Å². The van der Waals surface area contributed by atoms with Gasteiger partial charge in [0, 0.05) is 5.56 Å². The molecule has 96 valence electrons. The van der Waals surface area contributed by atoms with Crippen molar-refractivity contribution in [3.63, 3.8) is 0 Å². The molecule has 0 spiro atoms. The molecule has 2 nitrogen and oxygen atoms in total. The third-order valence-electron chi connectivity index (χ3n) is 2.15. The van der Waals surface area contributed by atoms with Gasteiger partial charge in [0.2, 0.25) is 0 Å². The van der Waals surface area contributed by atoms with Crippen LogP contribution in [0.3, 0.4) is 0 Å². The first-order valence-electron chi connectivity index (χ1n) is 5.12. The number of halogens is 4. The summed E-state index contributed by atoms with van der Waals surface area (Å²) in [5.74, 6) is -0.470. The van der Waals surface area contributed by atoms with E-state index in [1.807, 2.05) is 0 Å². The molecule has 1 unspecified atom stereocenters. The van der Waals surface area contributed by atoms with Crippen LogP contribution >= 0.6 is 0 Å². The summed E-state index contributed by atoms with van der Waals surface area (Å²) < 4.78 is 48.9. The Bertz CT molecular complexity index is 354. The normalized spacial score (nSPS) is 13.7. The van der Waals surface area contributed by atoms with E-state index >= 15 is 0 Å². The summed E-state index contributed by atoms with van der Waals surface area (Å²) >= 11 is 0. The van der Waals surface area contributed by atoms with Gasteiger partial charge in [-0.25, -0.2) is 4.39 Å². The minimum atomic E-state index is -4.40. The van der Waals surface area contributed by atoms with Gasteiger partial charge in [-0.3, -0.25) is 4.84 Å². The van der Waals surface area contributed by atoms with Gasteiger partial charge >= 0.3 is 6.18 Å². The third kappa shape index (κ3) is 4.70. The van der Waals surface area contributed by atoms with Crippen molar-refractivity contribution in [3.8, 4) is 0 Å². The maximum atomic E-state index is 13.4. The molecule has 0 saturated heterocycles. The molecule has 1 aromatic rings. The predicted octanol–water partition coefficient (Wildman–Crippen LogP) is 3.36. The van der Waals surface area contributed by atoms with Crippen LogP contribution in [0.1, 0.15) is 24.9 Å². The summed E-state index contributed by atoms with van der Waals surface area (Å²) in [5.41, 5.74) is 2.51. The quantitative estimate of drug-likeness (QED) is 0.640. The van der Waals surface area contributed by atoms with E-state index in [-0.39, 0.29) is 5.56 Å². The fourth-order valence-electron chi connectivity index (χ4n) is 1.35. The second-order valence-corrected chi connectivity index (χ2v) is 3.50. The summed E-state index contributed by atoms with van der Waals surface area (Å²) in [6, 6.07) is 5.30. The van der Waals surface area contributed by atoms with E-state index in [4.69, 9.17) is 0 Å². The average molecular weight is 251 g/mol. The van der Waals surface area contributed by atoms with Crippen LogP contribution in [-0.4, -0.2) is 12.8 Å². The van der Waals surface area contributed by atoms with Crippen molar-refractivity contribution in [1.29, 1.82) is 0 Å². The predicted molar refractivity (Wildman–Crippen MR) is 54.6 cm³/mol. The van der Waals surface area contributed by atoms with Crippen LogP contribution in [0.5, 0.6) is 0 Å². The SMILES string of the molecule is CCC(NOCC(F)(F)F)c1ccccc1F. The first kappa shape index (κ1) is 13.9. The highest BCUT2D eigenvalue weighted by Crippen LogP contribution is 2.20. The van der Waals surface area contributed by atoms with Gasteiger partial charge in [-0.15, -0.1) is 0 Å².